The second kappa shape index (κ2) is 26.6. The standard InChI is InChI=1S/C42H60N2O6S2/c1-33-21-15-17-23-37(33)41(47)51-39(25-29-49-5)35(3)43(31-45)27-19-13-11-9-7-8-10-12-14-20-28-44(32-46)36(4)40(26-30-50-6)52-42(48)38-24-18-16-22-34(38)2/h15-18,21-24,31-32H,7-14,19-20,25-30H2,1-6H3/b39-35-,40-36-. The number of hydrogen-bond donors (Lipinski definition) is 0. The molecule has 0 heterocycles. The van der Waals surface area contributed by atoms with Gasteiger partial charge in [-0.1, -0.05) is 99.9 Å². The highest BCUT2D eigenvalue weighted by Gasteiger charge is 2.19. The number of aryl methyl sites for hydroxylation is 2. The lowest BCUT2D eigenvalue weighted by molar-refractivity contribution is -0.117. The zero-order valence-electron chi connectivity index (χ0n) is 32.2. The molecule has 0 saturated carbocycles. The summed E-state index contributed by atoms with van der Waals surface area (Å²) in [5, 5.41) is -0.0370. The number of benzene rings is 2. The number of rotatable bonds is 27. The molecule has 0 aliphatic carbocycles. The van der Waals surface area contributed by atoms with E-state index in [4.69, 9.17) is 9.47 Å². The molecule has 10 heteroatoms. The molecule has 0 aromatic heterocycles. The first kappa shape index (κ1) is 45.0. The summed E-state index contributed by atoms with van der Waals surface area (Å²) in [6, 6.07) is 15.1. The van der Waals surface area contributed by atoms with Gasteiger partial charge in [0.05, 0.1) is 13.2 Å². The van der Waals surface area contributed by atoms with Crippen molar-refractivity contribution in [2.75, 3.05) is 40.5 Å². The molecule has 2 amide bonds. The third-order valence-corrected chi connectivity index (χ3v) is 11.5. The van der Waals surface area contributed by atoms with Gasteiger partial charge in [0, 0.05) is 72.5 Å². The van der Waals surface area contributed by atoms with Gasteiger partial charge in [-0.25, -0.2) is 0 Å². The number of unbranched alkanes of at least 4 members (excludes halogenated alkanes) is 9. The highest BCUT2D eigenvalue weighted by atomic mass is 32.2. The van der Waals surface area contributed by atoms with E-state index in [1.165, 1.54) is 49.2 Å². The molecule has 0 saturated heterocycles. The number of carbonyl (C=O) groups is 4. The molecule has 0 N–H and O–H groups in total. The largest absolute Gasteiger partial charge is 0.384 e. The predicted molar refractivity (Wildman–Crippen MR) is 216 cm³/mol. The highest BCUT2D eigenvalue weighted by Crippen LogP contribution is 2.31. The molecule has 0 aliphatic heterocycles. The fourth-order valence-electron chi connectivity index (χ4n) is 5.84. The van der Waals surface area contributed by atoms with E-state index < -0.39 is 0 Å². The molecule has 52 heavy (non-hydrogen) atoms. The Labute approximate surface area is 321 Å². The van der Waals surface area contributed by atoms with Gasteiger partial charge >= 0.3 is 0 Å². The molecule has 0 radical (unpaired) electrons. The van der Waals surface area contributed by atoms with Crippen molar-refractivity contribution in [1.29, 1.82) is 0 Å². The monoisotopic (exact) mass is 752 g/mol. The first-order valence-corrected chi connectivity index (χ1v) is 20.2. The Balaban J connectivity index is 1.71. The third-order valence-electron chi connectivity index (χ3n) is 9.20. The molecule has 0 spiro atoms. The minimum atomic E-state index is -0.0185. The Kier molecular flexibility index (Phi) is 23.0. The molecule has 0 bridgehead atoms. The van der Waals surface area contributed by atoms with Crippen LogP contribution in [0.4, 0.5) is 0 Å². The van der Waals surface area contributed by atoms with Crippen LogP contribution in [0.1, 0.15) is 123 Å². The lowest BCUT2D eigenvalue weighted by atomic mass is 10.1. The number of thioether (sulfide) groups is 2. The van der Waals surface area contributed by atoms with Crippen LogP contribution < -0.4 is 0 Å². The van der Waals surface area contributed by atoms with Crippen molar-refractivity contribution in [3.63, 3.8) is 0 Å². The van der Waals surface area contributed by atoms with E-state index in [2.05, 4.69) is 0 Å². The van der Waals surface area contributed by atoms with Gasteiger partial charge in [-0.2, -0.15) is 0 Å². The highest BCUT2D eigenvalue weighted by molar-refractivity contribution is 8.17. The van der Waals surface area contributed by atoms with Gasteiger partial charge in [0.1, 0.15) is 0 Å². The average Bonchev–Trinajstić information content (AvgIpc) is 3.15. The number of hydrogen-bond acceptors (Lipinski definition) is 8. The minimum Gasteiger partial charge on any atom is -0.384 e. The van der Waals surface area contributed by atoms with Crippen LogP contribution in [0.2, 0.25) is 0 Å². The van der Waals surface area contributed by atoms with Crippen molar-refractivity contribution in [1.82, 2.24) is 9.80 Å². The number of ether oxygens (including phenoxy) is 2. The van der Waals surface area contributed by atoms with E-state index in [1.54, 1.807) is 24.0 Å². The summed E-state index contributed by atoms with van der Waals surface area (Å²) in [7, 11) is 3.28. The summed E-state index contributed by atoms with van der Waals surface area (Å²) in [5.74, 6) is 0. The second-order valence-corrected chi connectivity index (χ2v) is 15.2. The van der Waals surface area contributed by atoms with Crippen molar-refractivity contribution in [3.05, 3.63) is 92.0 Å². The van der Waals surface area contributed by atoms with Gasteiger partial charge < -0.3 is 19.3 Å². The van der Waals surface area contributed by atoms with E-state index in [0.717, 1.165) is 83.7 Å². The van der Waals surface area contributed by atoms with Crippen molar-refractivity contribution in [2.45, 2.75) is 105 Å². The van der Waals surface area contributed by atoms with Gasteiger partial charge in [0.25, 0.3) is 0 Å². The van der Waals surface area contributed by atoms with Crippen molar-refractivity contribution in [3.8, 4) is 0 Å². The smallest absolute Gasteiger partial charge is 0.224 e. The van der Waals surface area contributed by atoms with Crippen molar-refractivity contribution < 1.29 is 28.7 Å². The molecule has 286 valence electrons. The van der Waals surface area contributed by atoms with Crippen LogP contribution in [0.5, 0.6) is 0 Å². The molecule has 2 rings (SSSR count). The normalized spacial score (nSPS) is 12.2. The zero-order chi connectivity index (χ0) is 38.1. The quantitative estimate of drug-likeness (QED) is 0.0658. The van der Waals surface area contributed by atoms with Crippen molar-refractivity contribution in [2.24, 2.45) is 0 Å². The number of carbonyl (C=O) groups excluding carboxylic acids is 4. The molecule has 2 aromatic rings. The van der Waals surface area contributed by atoms with E-state index >= 15 is 0 Å². The average molecular weight is 753 g/mol. The number of nitrogens with zero attached hydrogens (tertiary/aromatic N) is 2. The summed E-state index contributed by atoms with van der Waals surface area (Å²) >= 11 is 2.39. The Morgan fingerprint density at radius 1 is 0.577 bits per heavy atom. The minimum absolute atomic E-state index is 0.0185. The van der Waals surface area contributed by atoms with Gasteiger partial charge in [0.2, 0.25) is 23.1 Å². The number of amides is 2. The van der Waals surface area contributed by atoms with Crippen LogP contribution in [0, 0.1) is 13.8 Å². The lowest BCUT2D eigenvalue weighted by Gasteiger charge is -2.22. The maximum Gasteiger partial charge on any atom is 0.224 e. The molecular weight excluding hydrogens is 693 g/mol. The second-order valence-electron chi connectivity index (χ2n) is 13.0. The van der Waals surface area contributed by atoms with Crippen molar-refractivity contribution >= 4 is 46.6 Å². The predicted octanol–water partition coefficient (Wildman–Crippen LogP) is 10.1. The Bertz CT molecular complexity index is 1360. The molecule has 0 atom stereocenters. The van der Waals surface area contributed by atoms with E-state index in [0.29, 0.717) is 50.3 Å². The van der Waals surface area contributed by atoms with Gasteiger partial charge in [0.15, 0.2) is 0 Å². The Morgan fingerprint density at radius 2 is 0.904 bits per heavy atom. The van der Waals surface area contributed by atoms with Crippen LogP contribution >= 0.6 is 23.5 Å². The number of allylic oxidation sites excluding steroid dienone is 2. The first-order valence-electron chi connectivity index (χ1n) is 18.5. The summed E-state index contributed by atoms with van der Waals surface area (Å²) in [5.41, 5.74) is 4.89. The molecule has 2 aromatic carbocycles. The lowest BCUT2D eigenvalue weighted by Crippen LogP contribution is -2.22. The third kappa shape index (κ3) is 16.2. The summed E-state index contributed by atoms with van der Waals surface area (Å²) in [6.45, 7) is 9.93. The fraction of sp³-hybridized carbons (Fsp3) is 0.524. The maximum absolute atomic E-state index is 13.1. The molecule has 0 unspecified atom stereocenters. The Hall–Kier alpha value is -3.18. The van der Waals surface area contributed by atoms with Crippen LogP contribution in [0.15, 0.2) is 69.7 Å². The van der Waals surface area contributed by atoms with Gasteiger partial charge in [-0.3, -0.25) is 19.2 Å². The molecule has 0 fully saturated rings. The van der Waals surface area contributed by atoms with Crippen LogP contribution in [0.3, 0.4) is 0 Å². The fourth-order valence-corrected chi connectivity index (χ4v) is 7.86. The number of methoxy groups -OCH3 is 2. The van der Waals surface area contributed by atoms with E-state index in [-0.39, 0.29) is 10.2 Å². The van der Waals surface area contributed by atoms with Gasteiger partial charge in [-0.15, -0.1) is 0 Å². The van der Waals surface area contributed by atoms with E-state index in [1.807, 2.05) is 76.2 Å². The van der Waals surface area contributed by atoms with E-state index in [9.17, 15) is 19.2 Å². The van der Waals surface area contributed by atoms with Crippen LogP contribution in [-0.4, -0.2) is 73.4 Å². The molecule has 0 aliphatic rings. The maximum atomic E-state index is 13.1. The van der Waals surface area contributed by atoms with Crippen LogP contribution in [-0.2, 0) is 19.1 Å². The van der Waals surface area contributed by atoms with Crippen LogP contribution in [0.25, 0.3) is 0 Å². The molecular formula is C42H60N2O6S2. The van der Waals surface area contributed by atoms with Gasteiger partial charge in [-0.05, 0) is 75.2 Å². The summed E-state index contributed by atoms with van der Waals surface area (Å²) in [6.07, 6.45) is 13.8. The Morgan fingerprint density at radius 3 is 1.21 bits per heavy atom. The summed E-state index contributed by atoms with van der Waals surface area (Å²) in [4.78, 5) is 55.4. The molecule has 8 nitrogen and oxygen atoms in total. The summed E-state index contributed by atoms with van der Waals surface area (Å²) < 4.78 is 10.6. The first-order chi connectivity index (χ1) is 25.2. The zero-order valence-corrected chi connectivity index (χ0v) is 33.9. The SMILES string of the molecule is COCC/C(SC(=O)c1ccccc1C)=C(\C)N(C=O)CCCCCCCCCCCCN(C=O)/C(C)=C(/CCOC)SC(=O)c1ccccc1C. The topological polar surface area (TPSA) is 93.2 Å².